The Morgan fingerprint density at radius 3 is 1.69 bits per heavy atom. The highest BCUT2D eigenvalue weighted by Crippen LogP contribution is 2.32. The molecule has 1 heterocycles. The molecule has 0 saturated carbocycles. The number of carbonyl (C=O) groups is 1. The van der Waals surface area contributed by atoms with Crippen LogP contribution in [0.2, 0.25) is 0 Å². The van der Waals surface area contributed by atoms with Gasteiger partial charge in [-0.2, -0.15) is 0 Å². The molecule has 0 spiro atoms. The lowest BCUT2D eigenvalue weighted by Gasteiger charge is -2.44. The van der Waals surface area contributed by atoms with Gasteiger partial charge in [0.25, 0.3) is 0 Å². The minimum atomic E-state index is -0.909. The molecule has 1 saturated heterocycles. The average molecular weight is 491 g/mol. The topological polar surface area (TPSA) is 63.2 Å². The Morgan fingerprint density at radius 2 is 1.19 bits per heavy atom. The van der Waals surface area contributed by atoms with E-state index in [2.05, 4.69) is 6.92 Å². The van der Waals surface area contributed by atoms with Crippen LogP contribution in [-0.2, 0) is 48.3 Å². The van der Waals surface area contributed by atoms with E-state index in [0.717, 1.165) is 16.7 Å². The molecule has 36 heavy (non-hydrogen) atoms. The van der Waals surface area contributed by atoms with Crippen LogP contribution in [0.5, 0.6) is 0 Å². The van der Waals surface area contributed by atoms with Crippen molar-refractivity contribution in [3.63, 3.8) is 0 Å². The molecule has 3 aromatic carbocycles. The van der Waals surface area contributed by atoms with E-state index in [0.29, 0.717) is 26.4 Å². The van der Waals surface area contributed by atoms with Crippen molar-refractivity contribution in [2.75, 3.05) is 6.61 Å². The summed E-state index contributed by atoms with van der Waals surface area (Å²) in [6.45, 7) is 5.00. The van der Waals surface area contributed by atoms with Gasteiger partial charge in [-0.05, 0) is 16.7 Å². The molecule has 1 aliphatic rings. The van der Waals surface area contributed by atoms with E-state index in [9.17, 15) is 4.79 Å². The Labute approximate surface area is 213 Å². The van der Waals surface area contributed by atoms with Gasteiger partial charge in [0.1, 0.15) is 6.10 Å². The molecule has 0 aliphatic carbocycles. The molecule has 5 atom stereocenters. The van der Waals surface area contributed by atoms with Gasteiger partial charge in [-0.15, -0.1) is 0 Å². The summed E-state index contributed by atoms with van der Waals surface area (Å²) in [6.07, 6.45) is -2.22. The fraction of sp³-hybridized carbons (Fsp3) is 0.367. The second-order valence-corrected chi connectivity index (χ2v) is 9.03. The highest BCUT2D eigenvalue weighted by Gasteiger charge is 2.47. The Morgan fingerprint density at radius 1 is 0.722 bits per heavy atom. The van der Waals surface area contributed by atoms with Crippen LogP contribution in [0.1, 0.15) is 30.5 Å². The van der Waals surface area contributed by atoms with Crippen molar-refractivity contribution in [3.8, 4) is 0 Å². The fourth-order valence-corrected chi connectivity index (χ4v) is 4.31. The first-order valence-corrected chi connectivity index (χ1v) is 12.4. The highest BCUT2D eigenvalue weighted by molar-refractivity contribution is 5.66. The second kappa shape index (κ2) is 13.3. The van der Waals surface area contributed by atoms with Crippen LogP contribution in [0, 0.1) is 5.92 Å². The van der Waals surface area contributed by atoms with E-state index in [-0.39, 0.29) is 18.1 Å². The fourth-order valence-electron chi connectivity index (χ4n) is 4.31. The van der Waals surface area contributed by atoms with E-state index in [1.165, 1.54) is 6.92 Å². The summed E-state index contributed by atoms with van der Waals surface area (Å²) in [6, 6.07) is 29.8. The lowest BCUT2D eigenvalue weighted by Crippen LogP contribution is -2.57. The summed E-state index contributed by atoms with van der Waals surface area (Å²) >= 11 is 0. The normalized spacial score (nSPS) is 23.8. The second-order valence-electron chi connectivity index (χ2n) is 9.03. The number of benzene rings is 3. The van der Waals surface area contributed by atoms with Crippen molar-refractivity contribution in [3.05, 3.63) is 108 Å². The third kappa shape index (κ3) is 7.48. The molecule has 3 aromatic rings. The Bertz CT molecular complexity index is 1040. The van der Waals surface area contributed by atoms with Crippen LogP contribution >= 0.6 is 0 Å². The molecular formula is C30H34O6. The van der Waals surface area contributed by atoms with Crippen LogP contribution in [0.15, 0.2) is 91.0 Å². The summed E-state index contributed by atoms with van der Waals surface area (Å²) in [7, 11) is 0. The molecule has 0 unspecified atom stereocenters. The molecular weight excluding hydrogens is 456 g/mol. The van der Waals surface area contributed by atoms with Crippen molar-refractivity contribution in [2.24, 2.45) is 5.92 Å². The molecule has 0 amide bonds. The predicted molar refractivity (Wildman–Crippen MR) is 136 cm³/mol. The number of esters is 1. The van der Waals surface area contributed by atoms with Gasteiger partial charge in [0, 0.05) is 12.8 Å². The monoisotopic (exact) mass is 490 g/mol. The summed E-state index contributed by atoms with van der Waals surface area (Å²) in [5, 5.41) is 0. The lowest BCUT2D eigenvalue weighted by molar-refractivity contribution is -0.300. The van der Waals surface area contributed by atoms with Crippen LogP contribution in [0.4, 0.5) is 0 Å². The van der Waals surface area contributed by atoms with Gasteiger partial charge in [-0.1, -0.05) is 97.9 Å². The molecule has 1 fully saturated rings. The molecule has 0 aromatic heterocycles. The van der Waals surface area contributed by atoms with Crippen LogP contribution in [0.3, 0.4) is 0 Å². The molecule has 1 aliphatic heterocycles. The van der Waals surface area contributed by atoms with E-state index < -0.39 is 18.4 Å². The number of ether oxygens (including phenoxy) is 5. The van der Waals surface area contributed by atoms with Gasteiger partial charge in [-0.25, -0.2) is 0 Å². The number of hydrogen-bond acceptors (Lipinski definition) is 6. The number of hydrogen-bond donors (Lipinski definition) is 0. The Balaban J connectivity index is 1.50. The van der Waals surface area contributed by atoms with Crippen LogP contribution in [-0.4, -0.2) is 37.2 Å². The van der Waals surface area contributed by atoms with Gasteiger partial charge < -0.3 is 23.7 Å². The predicted octanol–water partition coefficient (Wildman–Crippen LogP) is 5.30. The first-order valence-electron chi connectivity index (χ1n) is 12.4. The van der Waals surface area contributed by atoms with Gasteiger partial charge >= 0.3 is 5.97 Å². The zero-order valence-electron chi connectivity index (χ0n) is 20.8. The van der Waals surface area contributed by atoms with Crippen molar-refractivity contribution >= 4 is 5.97 Å². The standard InChI is InChI=1S/C30H34O6/c1-22-27(21-32-18-24-12-6-3-7-13-24)36-30(35-23(2)31)29(34-20-26-16-10-5-11-17-26)28(22)33-19-25-14-8-4-9-15-25/h3-17,22,27-30H,18-21H2,1-2H3/t22-,27-,28+,29-,30+/m1/s1. The minimum Gasteiger partial charge on any atom is -0.433 e. The Hall–Kier alpha value is -3.03. The van der Waals surface area contributed by atoms with Crippen molar-refractivity contribution in [2.45, 2.75) is 58.3 Å². The van der Waals surface area contributed by atoms with Crippen molar-refractivity contribution in [1.82, 2.24) is 0 Å². The Kier molecular flexibility index (Phi) is 9.64. The summed E-state index contributed by atoms with van der Waals surface area (Å²) in [5.74, 6) is -0.509. The maximum Gasteiger partial charge on any atom is 0.305 e. The molecule has 0 bridgehead atoms. The van der Waals surface area contributed by atoms with E-state index >= 15 is 0 Å². The summed E-state index contributed by atoms with van der Waals surface area (Å²) < 4.78 is 30.6. The smallest absolute Gasteiger partial charge is 0.305 e. The molecule has 6 heteroatoms. The molecule has 190 valence electrons. The average Bonchev–Trinajstić information content (AvgIpc) is 2.90. The van der Waals surface area contributed by atoms with E-state index in [1.54, 1.807) is 0 Å². The molecule has 0 N–H and O–H groups in total. The third-order valence-corrected chi connectivity index (χ3v) is 6.25. The van der Waals surface area contributed by atoms with Crippen molar-refractivity contribution < 1.29 is 28.5 Å². The zero-order valence-corrected chi connectivity index (χ0v) is 20.8. The third-order valence-electron chi connectivity index (χ3n) is 6.25. The van der Waals surface area contributed by atoms with Crippen LogP contribution in [0.25, 0.3) is 0 Å². The van der Waals surface area contributed by atoms with E-state index in [1.807, 2.05) is 91.0 Å². The van der Waals surface area contributed by atoms with Crippen LogP contribution < -0.4 is 0 Å². The molecule has 4 rings (SSSR count). The van der Waals surface area contributed by atoms with Gasteiger partial charge in [0.15, 0.2) is 0 Å². The SMILES string of the molecule is CC(=O)O[C@H]1O[C@H](COCc2ccccc2)[C@@H](C)[C@H](OCc2ccccc2)[C@H]1OCc1ccccc1. The number of carbonyl (C=O) groups excluding carboxylic acids is 1. The highest BCUT2D eigenvalue weighted by atomic mass is 16.7. The van der Waals surface area contributed by atoms with Crippen molar-refractivity contribution in [1.29, 1.82) is 0 Å². The minimum absolute atomic E-state index is 0.0722. The molecule has 6 nitrogen and oxygen atoms in total. The largest absolute Gasteiger partial charge is 0.433 e. The summed E-state index contributed by atoms with van der Waals surface area (Å²) in [4.78, 5) is 12.0. The van der Waals surface area contributed by atoms with Gasteiger partial charge in [-0.3, -0.25) is 4.79 Å². The maximum atomic E-state index is 12.0. The van der Waals surface area contributed by atoms with Gasteiger partial charge in [0.2, 0.25) is 6.29 Å². The number of rotatable bonds is 11. The maximum absolute atomic E-state index is 12.0. The van der Waals surface area contributed by atoms with Gasteiger partial charge in [0.05, 0.1) is 38.6 Å². The zero-order chi connectivity index (χ0) is 25.2. The van der Waals surface area contributed by atoms with E-state index in [4.69, 9.17) is 23.7 Å². The lowest BCUT2D eigenvalue weighted by atomic mass is 9.90. The first kappa shape index (κ1) is 26.0. The first-order chi connectivity index (χ1) is 17.6. The quantitative estimate of drug-likeness (QED) is 0.340. The summed E-state index contributed by atoms with van der Waals surface area (Å²) in [5.41, 5.74) is 3.15. The molecule has 0 radical (unpaired) electrons.